The van der Waals surface area contributed by atoms with E-state index >= 15 is 0 Å². The molecular formula is C15H22N2O3. The number of aliphatic carboxylic acids is 1. The molecule has 5 nitrogen and oxygen atoms in total. The molecule has 0 aliphatic rings. The zero-order valence-electron chi connectivity index (χ0n) is 11.4. The number of rotatable bonds is 7. The monoisotopic (exact) mass is 278 g/mol. The van der Waals surface area contributed by atoms with Crippen molar-refractivity contribution in [1.82, 2.24) is 0 Å². The maximum Gasteiger partial charge on any atom is 0.320 e. The SMILES string of the molecule is NCCCCC(N)C(=O)O.O=CC=Cc1ccccc1. The minimum Gasteiger partial charge on any atom is -0.480 e. The van der Waals surface area contributed by atoms with Crippen LogP contribution in [0, 0.1) is 0 Å². The summed E-state index contributed by atoms with van der Waals surface area (Å²) >= 11 is 0. The van der Waals surface area contributed by atoms with E-state index in [0.29, 0.717) is 13.0 Å². The van der Waals surface area contributed by atoms with E-state index < -0.39 is 12.0 Å². The van der Waals surface area contributed by atoms with E-state index in [1.807, 2.05) is 30.3 Å². The molecule has 1 atom stereocenters. The Bertz CT molecular complexity index is 405. The standard InChI is InChI=1S/C9H8O.C6H14N2O2/c10-8-4-7-9-5-2-1-3-6-9;7-4-2-1-3-5(8)6(9)10/h1-8H;5H,1-4,7-8H2,(H,9,10). The van der Waals surface area contributed by atoms with E-state index in [1.54, 1.807) is 6.08 Å². The highest BCUT2D eigenvalue weighted by Gasteiger charge is 2.09. The Morgan fingerprint density at radius 2 is 1.90 bits per heavy atom. The Hall–Kier alpha value is -1.98. The molecule has 5 heteroatoms. The van der Waals surface area contributed by atoms with Crippen LogP contribution in [0.4, 0.5) is 0 Å². The van der Waals surface area contributed by atoms with Crippen LogP contribution < -0.4 is 11.5 Å². The van der Waals surface area contributed by atoms with Gasteiger partial charge in [-0.2, -0.15) is 0 Å². The highest BCUT2D eigenvalue weighted by molar-refractivity contribution is 5.73. The predicted molar refractivity (Wildman–Crippen MR) is 80.1 cm³/mol. The van der Waals surface area contributed by atoms with Crippen molar-refractivity contribution >= 4 is 18.3 Å². The van der Waals surface area contributed by atoms with Crippen molar-refractivity contribution in [2.75, 3.05) is 6.54 Å². The number of allylic oxidation sites excluding steroid dienone is 1. The zero-order valence-corrected chi connectivity index (χ0v) is 11.4. The number of aldehydes is 1. The Kier molecular flexibility index (Phi) is 10.9. The molecule has 1 rings (SSSR count). The first kappa shape index (κ1) is 18.0. The van der Waals surface area contributed by atoms with Crippen LogP contribution in [0.25, 0.3) is 6.08 Å². The number of benzene rings is 1. The highest BCUT2D eigenvalue weighted by Crippen LogP contribution is 1.99. The van der Waals surface area contributed by atoms with Gasteiger partial charge >= 0.3 is 5.97 Å². The first-order valence-electron chi connectivity index (χ1n) is 6.47. The van der Waals surface area contributed by atoms with Gasteiger partial charge in [0.15, 0.2) is 0 Å². The Balaban J connectivity index is 0.000000361. The Morgan fingerprint density at radius 3 is 2.40 bits per heavy atom. The highest BCUT2D eigenvalue weighted by atomic mass is 16.4. The molecule has 5 N–H and O–H groups in total. The van der Waals surface area contributed by atoms with Crippen molar-refractivity contribution in [3.8, 4) is 0 Å². The van der Waals surface area contributed by atoms with Crippen molar-refractivity contribution in [1.29, 1.82) is 0 Å². The lowest BCUT2D eigenvalue weighted by Crippen LogP contribution is -2.29. The van der Waals surface area contributed by atoms with Crippen LogP contribution >= 0.6 is 0 Å². The summed E-state index contributed by atoms with van der Waals surface area (Å²) in [4.78, 5) is 20.0. The van der Waals surface area contributed by atoms with Gasteiger partial charge < -0.3 is 16.6 Å². The first-order chi connectivity index (χ1) is 9.61. The topological polar surface area (TPSA) is 106 Å². The van der Waals surface area contributed by atoms with Gasteiger partial charge in [-0.1, -0.05) is 42.8 Å². The van der Waals surface area contributed by atoms with Crippen LogP contribution in [0.3, 0.4) is 0 Å². The third-order valence-electron chi connectivity index (χ3n) is 2.45. The van der Waals surface area contributed by atoms with Gasteiger partial charge in [-0.25, -0.2) is 0 Å². The van der Waals surface area contributed by atoms with Crippen LogP contribution in [0.15, 0.2) is 36.4 Å². The number of carbonyl (C=O) groups excluding carboxylic acids is 1. The third kappa shape index (κ3) is 9.99. The molecule has 0 aliphatic carbocycles. The van der Waals surface area contributed by atoms with Gasteiger partial charge in [0, 0.05) is 0 Å². The normalized spacial score (nSPS) is 11.5. The van der Waals surface area contributed by atoms with Gasteiger partial charge in [-0.3, -0.25) is 9.59 Å². The van der Waals surface area contributed by atoms with Crippen molar-refractivity contribution in [2.45, 2.75) is 25.3 Å². The molecule has 0 fully saturated rings. The summed E-state index contributed by atoms with van der Waals surface area (Å²) in [7, 11) is 0. The molecule has 0 aromatic heterocycles. The van der Waals surface area contributed by atoms with E-state index in [9.17, 15) is 9.59 Å². The minimum atomic E-state index is -0.933. The number of hydrogen-bond acceptors (Lipinski definition) is 4. The average molecular weight is 278 g/mol. The summed E-state index contributed by atoms with van der Waals surface area (Å²) in [5.74, 6) is -0.933. The molecule has 110 valence electrons. The molecule has 20 heavy (non-hydrogen) atoms. The summed E-state index contributed by atoms with van der Waals surface area (Å²) in [6.45, 7) is 0.604. The van der Waals surface area contributed by atoms with Crippen molar-refractivity contribution < 1.29 is 14.7 Å². The van der Waals surface area contributed by atoms with Crippen molar-refractivity contribution in [3.05, 3.63) is 42.0 Å². The second-order valence-corrected chi connectivity index (χ2v) is 4.14. The molecular weight excluding hydrogens is 256 g/mol. The molecule has 1 aromatic rings. The van der Waals surface area contributed by atoms with E-state index in [4.69, 9.17) is 16.6 Å². The van der Waals surface area contributed by atoms with Crippen molar-refractivity contribution in [2.24, 2.45) is 11.5 Å². The smallest absolute Gasteiger partial charge is 0.320 e. The maximum absolute atomic E-state index is 10.1. The number of carboxylic acids is 1. The van der Waals surface area contributed by atoms with Gasteiger partial charge in [0.1, 0.15) is 12.3 Å². The lowest BCUT2D eigenvalue weighted by Gasteiger charge is -2.03. The largest absolute Gasteiger partial charge is 0.480 e. The molecule has 0 spiro atoms. The minimum absolute atomic E-state index is 0.520. The number of hydrogen-bond donors (Lipinski definition) is 3. The quantitative estimate of drug-likeness (QED) is 0.397. The van der Waals surface area contributed by atoms with Crippen LogP contribution in [0.1, 0.15) is 24.8 Å². The molecule has 0 radical (unpaired) electrons. The summed E-state index contributed by atoms with van der Waals surface area (Å²) in [5.41, 5.74) is 11.5. The number of nitrogens with two attached hydrogens (primary N) is 2. The second-order valence-electron chi connectivity index (χ2n) is 4.14. The molecule has 0 amide bonds. The third-order valence-corrected chi connectivity index (χ3v) is 2.45. The van der Waals surface area contributed by atoms with Gasteiger partial charge in [-0.15, -0.1) is 0 Å². The molecule has 1 unspecified atom stereocenters. The predicted octanol–water partition coefficient (Wildman–Crippen LogP) is 1.43. The summed E-state index contributed by atoms with van der Waals surface area (Å²) in [6.07, 6.45) is 6.19. The summed E-state index contributed by atoms with van der Waals surface area (Å²) < 4.78 is 0. The average Bonchev–Trinajstić information content (AvgIpc) is 2.47. The van der Waals surface area contributed by atoms with Crippen LogP contribution in [-0.2, 0) is 9.59 Å². The fourth-order valence-corrected chi connectivity index (χ4v) is 1.35. The first-order valence-corrected chi connectivity index (χ1v) is 6.47. The van der Waals surface area contributed by atoms with Gasteiger partial charge in [-0.05, 0) is 31.0 Å². The Labute approximate surface area is 119 Å². The zero-order chi connectivity index (χ0) is 15.2. The van der Waals surface area contributed by atoms with Crippen molar-refractivity contribution in [3.63, 3.8) is 0 Å². The fourth-order valence-electron chi connectivity index (χ4n) is 1.35. The Morgan fingerprint density at radius 1 is 1.25 bits per heavy atom. The molecule has 0 heterocycles. The molecule has 1 aromatic carbocycles. The van der Waals surface area contributed by atoms with Crippen LogP contribution in [0.2, 0.25) is 0 Å². The number of unbranched alkanes of at least 4 members (excludes halogenated alkanes) is 1. The van der Waals surface area contributed by atoms with Gasteiger partial charge in [0.05, 0.1) is 0 Å². The van der Waals surface area contributed by atoms with Gasteiger partial charge in [0.25, 0.3) is 0 Å². The molecule has 0 aliphatic heterocycles. The summed E-state index contributed by atoms with van der Waals surface area (Å²) in [5, 5.41) is 8.33. The van der Waals surface area contributed by atoms with Crippen LogP contribution in [0.5, 0.6) is 0 Å². The molecule has 0 saturated heterocycles. The maximum atomic E-state index is 10.1. The van der Waals surface area contributed by atoms with E-state index in [0.717, 1.165) is 24.7 Å². The van der Waals surface area contributed by atoms with Crippen LogP contribution in [-0.4, -0.2) is 29.9 Å². The van der Waals surface area contributed by atoms with E-state index in [1.165, 1.54) is 6.08 Å². The molecule has 0 bridgehead atoms. The second kappa shape index (κ2) is 12.1. The number of carbonyl (C=O) groups is 2. The molecule has 0 saturated carbocycles. The fraction of sp³-hybridized carbons (Fsp3) is 0.333. The number of carboxylic acid groups (broad SMARTS) is 1. The lowest BCUT2D eigenvalue weighted by molar-refractivity contribution is -0.138. The summed E-state index contributed by atoms with van der Waals surface area (Å²) in [6, 6.07) is 8.99. The van der Waals surface area contributed by atoms with E-state index in [2.05, 4.69) is 0 Å². The van der Waals surface area contributed by atoms with Gasteiger partial charge in [0.2, 0.25) is 0 Å². The lowest BCUT2D eigenvalue weighted by atomic mass is 10.1. The van der Waals surface area contributed by atoms with E-state index in [-0.39, 0.29) is 0 Å².